The zero-order valence-electron chi connectivity index (χ0n) is 22.0. The van der Waals surface area contributed by atoms with Gasteiger partial charge < -0.3 is 10.2 Å². The van der Waals surface area contributed by atoms with Crippen LogP contribution in [0.2, 0.25) is 10.0 Å². The van der Waals surface area contributed by atoms with Crippen molar-refractivity contribution in [3.8, 4) is 0 Å². The molecule has 0 aliphatic rings. The number of carbonyl (C=O) groups excluding carboxylic acids is 2. The molecule has 0 aliphatic heterocycles. The first-order valence-electron chi connectivity index (χ1n) is 12.7. The number of nitrogens with one attached hydrogen (secondary N) is 1. The molecule has 3 aromatic rings. The summed E-state index contributed by atoms with van der Waals surface area (Å²) in [6.45, 7) is 2.53. The minimum atomic E-state index is -3.68. The first kappa shape index (κ1) is 30.6. The molecule has 0 spiro atoms. The third kappa shape index (κ3) is 8.54. The Kier molecular flexibility index (Phi) is 11.4. The summed E-state index contributed by atoms with van der Waals surface area (Å²) < 4.78 is 27.0. The molecule has 10 heteroatoms. The molecule has 2 amide bonds. The maximum absolute atomic E-state index is 13.7. The van der Waals surface area contributed by atoms with Crippen molar-refractivity contribution in [1.82, 2.24) is 14.5 Å². The van der Waals surface area contributed by atoms with Crippen molar-refractivity contribution in [2.75, 3.05) is 20.1 Å². The Morgan fingerprint density at radius 1 is 0.897 bits per heavy atom. The zero-order valence-corrected chi connectivity index (χ0v) is 24.3. The van der Waals surface area contributed by atoms with Crippen LogP contribution in [0.15, 0.2) is 83.8 Å². The van der Waals surface area contributed by atoms with Crippen LogP contribution in [0.1, 0.15) is 30.9 Å². The normalized spacial score (nSPS) is 12.2. The van der Waals surface area contributed by atoms with Crippen LogP contribution in [-0.4, -0.2) is 55.6 Å². The minimum absolute atomic E-state index is 0.0562. The monoisotopic (exact) mass is 589 g/mol. The number of nitrogens with zero attached hydrogens (tertiary/aromatic N) is 2. The van der Waals surface area contributed by atoms with E-state index in [4.69, 9.17) is 23.2 Å². The highest BCUT2D eigenvalue weighted by molar-refractivity contribution is 7.89. The number of carbonyl (C=O) groups is 2. The predicted octanol–water partition coefficient (Wildman–Crippen LogP) is 5.17. The van der Waals surface area contributed by atoms with Gasteiger partial charge in [-0.25, -0.2) is 12.7 Å². The first-order valence-corrected chi connectivity index (χ1v) is 14.9. The first-order chi connectivity index (χ1) is 18.6. The van der Waals surface area contributed by atoms with E-state index in [0.29, 0.717) is 23.0 Å². The molecule has 0 fully saturated rings. The minimum Gasteiger partial charge on any atom is -0.355 e. The molecule has 0 saturated heterocycles. The maximum Gasteiger partial charge on any atom is 0.243 e. The Morgan fingerprint density at radius 2 is 1.54 bits per heavy atom. The van der Waals surface area contributed by atoms with Crippen LogP contribution in [0.5, 0.6) is 0 Å². The van der Waals surface area contributed by atoms with Crippen LogP contribution in [0.25, 0.3) is 0 Å². The van der Waals surface area contributed by atoms with Crippen molar-refractivity contribution < 1.29 is 18.0 Å². The van der Waals surface area contributed by atoms with Gasteiger partial charge in [0.2, 0.25) is 21.8 Å². The highest BCUT2D eigenvalue weighted by Crippen LogP contribution is 2.25. The largest absolute Gasteiger partial charge is 0.355 e. The van der Waals surface area contributed by atoms with Gasteiger partial charge in [0.25, 0.3) is 0 Å². The lowest BCUT2D eigenvalue weighted by Gasteiger charge is -2.32. The lowest BCUT2D eigenvalue weighted by molar-refractivity contribution is -0.141. The summed E-state index contributed by atoms with van der Waals surface area (Å²) in [7, 11) is -2.18. The van der Waals surface area contributed by atoms with E-state index in [9.17, 15) is 18.0 Å². The third-order valence-corrected chi connectivity index (χ3v) is 8.88. The molecule has 39 heavy (non-hydrogen) atoms. The SMILES string of the molecule is CCNC(=O)[C@H](Cc1ccccc1)N(Cc1ccc(Cl)c(Cl)c1)C(=O)CCCN(C)S(=O)(=O)c1ccccc1. The number of likely N-dealkylation sites (N-methyl/N-ethyl adjacent to an activating group) is 1. The molecule has 1 N–H and O–H groups in total. The van der Waals surface area contributed by atoms with E-state index in [1.54, 1.807) is 41.3 Å². The lowest BCUT2D eigenvalue weighted by Crippen LogP contribution is -2.50. The van der Waals surface area contributed by atoms with Gasteiger partial charge in [-0.15, -0.1) is 0 Å². The molecular weight excluding hydrogens is 557 g/mol. The Balaban J connectivity index is 1.82. The summed E-state index contributed by atoms with van der Waals surface area (Å²) >= 11 is 12.3. The molecule has 0 unspecified atom stereocenters. The topological polar surface area (TPSA) is 86.8 Å². The van der Waals surface area contributed by atoms with Gasteiger partial charge >= 0.3 is 0 Å². The summed E-state index contributed by atoms with van der Waals surface area (Å²) in [4.78, 5) is 28.6. The number of amides is 2. The van der Waals surface area contributed by atoms with Gasteiger partial charge in [-0.2, -0.15) is 0 Å². The fraction of sp³-hybridized carbons (Fsp3) is 0.310. The quantitative estimate of drug-likeness (QED) is 0.298. The highest BCUT2D eigenvalue weighted by Gasteiger charge is 2.30. The molecule has 1 atom stereocenters. The van der Waals surface area contributed by atoms with Crippen molar-refractivity contribution in [2.24, 2.45) is 0 Å². The van der Waals surface area contributed by atoms with Crippen LogP contribution in [0.3, 0.4) is 0 Å². The van der Waals surface area contributed by atoms with Crippen molar-refractivity contribution in [1.29, 1.82) is 0 Å². The second-order valence-corrected chi connectivity index (χ2v) is 12.0. The predicted molar refractivity (Wildman–Crippen MR) is 155 cm³/mol. The van der Waals surface area contributed by atoms with Crippen LogP contribution in [0, 0.1) is 0 Å². The second kappa shape index (κ2) is 14.5. The van der Waals surface area contributed by atoms with Gasteiger partial charge in [-0.05, 0) is 48.7 Å². The van der Waals surface area contributed by atoms with E-state index >= 15 is 0 Å². The number of halogens is 2. The Labute approximate surface area is 240 Å². The summed E-state index contributed by atoms with van der Waals surface area (Å²) in [6, 6.07) is 22.0. The molecule has 0 radical (unpaired) electrons. The van der Waals surface area contributed by atoms with Gasteiger partial charge in [-0.1, -0.05) is 77.8 Å². The number of benzene rings is 3. The molecule has 3 aromatic carbocycles. The van der Waals surface area contributed by atoms with Gasteiger partial charge in [0, 0.05) is 39.5 Å². The molecule has 0 aromatic heterocycles. The van der Waals surface area contributed by atoms with Crippen LogP contribution in [0.4, 0.5) is 0 Å². The molecule has 208 valence electrons. The van der Waals surface area contributed by atoms with E-state index in [1.165, 1.54) is 23.5 Å². The maximum atomic E-state index is 13.7. The van der Waals surface area contributed by atoms with Gasteiger partial charge in [0.05, 0.1) is 14.9 Å². The van der Waals surface area contributed by atoms with Crippen LogP contribution < -0.4 is 5.32 Å². The molecular formula is C29H33Cl2N3O4S. The van der Waals surface area contributed by atoms with Crippen molar-refractivity contribution in [3.05, 3.63) is 100 Å². The Hall–Kier alpha value is -2.91. The van der Waals surface area contributed by atoms with Gasteiger partial charge in [0.15, 0.2) is 0 Å². The summed E-state index contributed by atoms with van der Waals surface area (Å²) in [6.07, 6.45) is 0.662. The molecule has 3 rings (SSSR count). The summed E-state index contributed by atoms with van der Waals surface area (Å²) in [5, 5.41) is 3.60. The molecule has 7 nitrogen and oxygen atoms in total. The number of hydrogen-bond donors (Lipinski definition) is 1. The van der Waals surface area contributed by atoms with Crippen LogP contribution >= 0.6 is 23.2 Å². The van der Waals surface area contributed by atoms with Crippen molar-refractivity contribution in [2.45, 2.75) is 43.7 Å². The second-order valence-electron chi connectivity index (χ2n) is 9.11. The molecule has 0 aliphatic carbocycles. The van der Waals surface area contributed by atoms with E-state index in [0.717, 1.165) is 11.1 Å². The van der Waals surface area contributed by atoms with Gasteiger partial charge in [-0.3, -0.25) is 9.59 Å². The van der Waals surface area contributed by atoms with Crippen molar-refractivity contribution >= 4 is 45.0 Å². The van der Waals surface area contributed by atoms with Crippen molar-refractivity contribution in [3.63, 3.8) is 0 Å². The van der Waals surface area contributed by atoms with E-state index in [1.807, 2.05) is 37.3 Å². The third-order valence-electron chi connectivity index (χ3n) is 6.27. The highest BCUT2D eigenvalue weighted by atomic mass is 35.5. The summed E-state index contributed by atoms with van der Waals surface area (Å²) in [5.41, 5.74) is 1.64. The van der Waals surface area contributed by atoms with E-state index < -0.39 is 16.1 Å². The average Bonchev–Trinajstić information content (AvgIpc) is 2.93. The van der Waals surface area contributed by atoms with Gasteiger partial charge in [0.1, 0.15) is 6.04 Å². The Morgan fingerprint density at radius 3 is 2.15 bits per heavy atom. The fourth-order valence-electron chi connectivity index (χ4n) is 4.17. The van der Waals surface area contributed by atoms with E-state index in [2.05, 4.69) is 5.32 Å². The lowest BCUT2D eigenvalue weighted by atomic mass is 10.0. The Bertz CT molecular complexity index is 1360. The van der Waals surface area contributed by atoms with Crippen LogP contribution in [-0.2, 0) is 32.6 Å². The zero-order chi connectivity index (χ0) is 28.4. The smallest absolute Gasteiger partial charge is 0.243 e. The fourth-order valence-corrected chi connectivity index (χ4v) is 5.72. The molecule has 0 bridgehead atoms. The number of hydrogen-bond acceptors (Lipinski definition) is 4. The standard InChI is InChI=1S/C29H33Cl2N3O4S/c1-3-32-29(36)27(20-22-11-6-4-7-12-22)34(21-23-16-17-25(30)26(31)19-23)28(35)15-10-18-33(2)39(37,38)24-13-8-5-9-14-24/h4-9,11-14,16-17,19,27H,3,10,15,18,20-21H2,1-2H3,(H,32,36)/t27-/m0/s1. The molecule has 0 saturated carbocycles. The average molecular weight is 591 g/mol. The number of sulfonamides is 1. The number of rotatable bonds is 13. The van der Waals surface area contributed by atoms with E-state index in [-0.39, 0.29) is 42.6 Å². The summed E-state index contributed by atoms with van der Waals surface area (Å²) in [5.74, 6) is -0.530. The molecule has 0 heterocycles.